The molecule has 126 valence electrons. The van der Waals surface area contributed by atoms with Gasteiger partial charge in [-0.1, -0.05) is 0 Å². The third kappa shape index (κ3) is 7.39. The van der Waals surface area contributed by atoms with Gasteiger partial charge in [0.25, 0.3) is 0 Å². The van der Waals surface area contributed by atoms with Crippen LogP contribution in [0.4, 0.5) is 0 Å². The van der Waals surface area contributed by atoms with Crippen LogP contribution in [0.3, 0.4) is 0 Å². The van der Waals surface area contributed by atoms with Gasteiger partial charge in [-0.05, 0) is 27.7 Å². The maximum atomic E-state index is 11.6. The molecule has 22 heavy (non-hydrogen) atoms. The Labute approximate surface area is 153 Å². The van der Waals surface area contributed by atoms with Crippen LogP contribution in [-0.2, 0) is 11.3 Å². The molecule has 1 rings (SSSR count). The van der Waals surface area contributed by atoms with Gasteiger partial charge in [0, 0.05) is 25.0 Å². The van der Waals surface area contributed by atoms with Gasteiger partial charge >= 0.3 is 0 Å². The van der Waals surface area contributed by atoms with Crippen LogP contribution in [0.1, 0.15) is 29.4 Å². The minimum atomic E-state index is -0.0235. The second-order valence-electron chi connectivity index (χ2n) is 5.35. The van der Waals surface area contributed by atoms with Gasteiger partial charge in [0.15, 0.2) is 5.96 Å². The number of guanidine groups is 1. The number of aryl methyl sites for hydroxylation is 2. The minimum absolute atomic E-state index is 0. The van der Waals surface area contributed by atoms with Crippen LogP contribution < -0.4 is 10.6 Å². The fourth-order valence-electron chi connectivity index (χ4n) is 1.62. The van der Waals surface area contributed by atoms with Crippen molar-refractivity contribution in [2.45, 2.75) is 40.3 Å². The standard InChI is InChI=1S/C14H25N5OS.HI/c1-9(2)17-14(16-8-13(20)19(5)6)15-7-12-10(3)18-11(4)21-12;/h9H,7-8H2,1-6H3,(H2,15,16,17);1H. The lowest BCUT2D eigenvalue weighted by Gasteiger charge is -2.15. The van der Waals surface area contributed by atoms with E-state index >= 15 is 0 Å². The smallest absolute Gasteiger partial charge is 0.243 e. The van der Waals surface area contributed by atoms with E-state index in [1.165, 1.54) is 9.78 Å². The van der Waals surface area contributed by atoms with Gasteiger partial charge in [0.2, 0.25) is 5.91 Å². The lowest BCUT2D eigenvalue weighted by atomic mass is 10.4. The van der Waals surface area contributed by atoms with E-state index in [-0.39, 0.29) is 42.5 Å². The first-order valence-electron chi connectivity index (χ1n) is 6.97. The monoisotopic (exact) mass is 439 g/mol. The fraction of sp³-hybridized carbons (Fsp3) is 0.643. The van der Waals surface area contributed by atoms with Crippen molar-refractivity contribution in [3.63, 3.8) is 0 Å². The quantitative estimate of drug-likeness (QED) is 0.418. The van der Waals surface area contributed by atoms with Gasteiger partial charge in [0.1, 0.15) is 6.54 Å². The number of thiazole rings is 1. The molecular weight excluding hydrogens is 413 g/mol. The number of aromatic nitrogens is 1. The number of carbonyl (C=O) groups excluding carboxylic acids is 1. The number of hydrogen-bond donors (Lipinski definition) is 2. The second-order valence-corrected chi connectivity index (χ2v) is 6.63. The summed E-state index contributed by atoms with van der Waals surface area (Å²) >= 11 is 1.67. The van der Waals surface area contributed by atoms with Crippen molar-refractivity contribution >= 4 is 47.2 Å². The van der Waals surface area contributed by atoms with Gasteiger partial charge in [0.05, 0.1) is 17.2 Å². The topological polar surface area (TPSA) is 69.6 Å². The molecular formula is C14H26IN5OS. The maximum absolute atomic E-state index is 11.6. The molecule has 0 aliphatic rings. The first-order valence-corrected chi connectivity index (χ1v) is 7.79. The number of hydrogen-bond acceptors (Lipinski definition) is 4. The highest BCUT2D eigenvalue weighted by Crippen LogP contribution is 2.16. The van der Waals surface area contributed by atoms with Crippen LogP contribution in [0.5, 0.6) is 0 Å². The zero-order chi connectivity index (χ0) is 16.0. The summed E-state index contributed by atoms with van der Waals surface area (Å²) in [5, 5.41) is 7.54. The van der Waals surface area contributed by atoms with E-state index in [1.807, 2.05) is 27.7 Å². The minimum Gasteiger partial charge on any atom is -0.354 e. The van der Waals surface area contributed by atoms with Crippen molar-refractivity contribution in [3.05, 3.63) is 15.6 Å². The van der Waals surface area contributed by atoms with E-state index in [0.29, 0.717) is 12.5 Å². The molecule has 8 heteroatoms. The molecule has 0 radical (unpaired) electrons. The molecule has 2 N–H and O–H groups in total. The predicted octanol–water partition coefficient (Wildman–Crippen LogP) is 1.91. The third-order valence-corrected chi connectivity index (χ3v) is 3.79. The Balaban J connectivity index is 0.00000441. The molecule has 0 saturated carbocycles. The van der Waals surface area contributed by atoms with Crippen molar-refractivity contribution in [2.75, 3.05) is 20.6 Å². The largest absolute Gasteiger partial charge is 0.354 e. The summed E-state index contributed by atoms with van der Waals surface area (Å²) in [4.78, 5) is 23.1. The van der Waals surface area contributed by atoms with Crippen molar-refractivity contribution < 1.29 is 4.79 Å². The number of aliphatic imine (C=N–C) groups is 1. The summed E-state index contributed by atoms with van der Waals surface area (Å²) in [5.74, 6) is 0.621. The molecule has 1 heterocycles. The molecule has 0 fully saturated rings. The fourth-order valence-corrected chi connectivity index (χ4v) is 2.49. The predicted molar refractivity (Wildman–Crippen MR) is 103 cm³/mol. The molecule has 0 atom stereocenters. The Morgan fingerprint density at radius 1 is 1.36 bits per heavy atom. The number of amides is 1. The van der Waals surface area contributed by atoms with E-state index in [1.54, 1.807) is 25.4 Å². The molecule has 0 bridgehead atoms. The molecule has 0 spiro atoms. The number of likely N-dealkylation sites (N-methyl/N-ethyl adjacent to an activating group) is 1. The first-order chi connectivity index (χ1) is 9.79. The van der Waals surface area contributed by atoms with Crippen LogP contribution in [0, 0.1) is 13.8 Å². The summed E-state index contributed by atoms with van der Waals surface area (Å²) in [6.45, 7) is 8.86. The molecule has 6 nitrogen and oxygen atoms in total. The van der Waals surface area contributed by atoms with Crippen molar-refractivity contribution in [3.8, 4) is 0 Å². The highest BCUT2D eigenvalue weighted by atomic mass is 127. The molecule has 0 aliphatic carbocycles. The van der Waals surface area contributed by atoms with E-state index in [2.05, 4.69) is 20.6 Å². The van der Waals surface area contributed by atoms with E-state index in [9.17, 15) is 4.79 Å². The Kier molecular flexibility index (Phi) is 9.58. The van der Waals surface area contributed by atoms with Crippen LogP contribution in [-0.4, -0.2) is 48.4 Å². The summed E-state index contributed by atoms with van der Waals surface area (Å²) in [5.41, 5.74) is 1.04. The first kappa shape index (κ1) is 21.1. The van der Waals surface area contributed by atoms with Gasteiger partial charge in [-0.2, -0.15) is 0 Å². The van der Waals surface area contributed by atoms with Gasteiger partial charge < -0.3 is 15.5 Å². The summed E-state index contributed by atoms with van der Waals surface area (Å²) in [7, 11) is 3.45. The Morgan fingerprint density at radius 2 is 2.00 bits per heavy atom. The number of nitrogens with one attached hydrogen (secondary N) is 2. The molecule has 0 unspecified atom stereocenters. The van der Waals surface area contributed by atoms with Gasteiger partial charge in [-0.3, -0.25) is 4.79 Å². The Hall–Kier alpha value is -0.900. The lowest BCUT2D eigenvalue weighted by molar-refractivity contribution is -0.127. The molecule has 1 aromatic heterocycles. The second kappa shape index (κ2) is 9.98. The SMILES string of the molecule is Cc1nc(C)c(CNC(=NCC(=O)N(C)C)NC(C)C)s1.I. The zero-order valence-corrected chi connectivity index (χ0v) is 17.2. The van der Waals surface area contributed by atoms with Crippen LogP contribution in [0.2, 0.25) is 0 Å². The molecule has 0 saturated heterocycles. The average molecular weight is 439 g/mol. The Morgan fingerprint density at radius 3 is 2.45 bits per heavy atom. The van der Waals surface area contributed by atoms with Crippen molar-refractivity contribution in [1.29, 1.82) is 0 Å². The average Bonchev–Trinajstić information content (AvgIpc) is 2.70. The van der Waals surface area contributed by atoms with Crippen molar-refractivity contribution in [2.24, 2.45) is 4.99 Å². The van der Waals surface area contributed by atoms with E-state index in [4.69, 9.17) is 0 Å². The van der Waals surface area contributed by atoms with Gasteiger partial charge in [-0.25, -0.2) is 9.98 Å². The van der Waals surface area contributed by atoms with Crippen LogP contribution in [0.25, 0.3) is 0 Å². The number of carbonyl (C=O) groups is 1. The Bertz CT molecular complexity index is 513. The highest BCUT2D eigenvalue weighted by molar-refractivity contribution is 14.0. The molecule has 0 aromatic carbocycles. The lowest BCUT2D eigenvalue weighted by Crippen LogP contribution is -2.41. The van der Waals surface area contributed by atoms with Gasteiger partial charge in [-0.15, -0.1) is 35.3 Å². The number of nitrogens with zero attached hydrogens (tertiary/aromatic N) is 3. The van der Waals surface area contributed by atoms with Crippen LogP contribution >= 0.6 is 35.3 Å². The highest BCUT2D eigenvalue weighted by Gasteiger charge is 2.08. The summed E-state index contributed by atoms with van der Waals surface area (Å²) in [6.07, 6.45) is 0. The molecule has 1 aromatic rings. The number of rotatable bonds is 5. The molecule has 0 aliphatic heterocycles. The number of halogens is 1. The third-order valence-electron chi connectivity index (χ3n) is 2.71. The van der Waals surface area contributed by atoms with E-state index < -0.39 is 0 Å². The maximum Gasteiger partial charge on any atom is 0.243 e. The summed E-state index contributed by atoms with van der Waals surface area (Å²) in [6, 6.07) is 0.245. The van der Waals surface area contributed by atoms with Crippen molar-refractivity contribution in [1.82, 2.24) is 20.5 Å². The normalized spacial score (nSPS) is 11.1. The molecule has 1 amide bonds. The van der Waals surface area contributed by atoms with E-state index in [0.717, 1.165) is 10.7 Å². The van der Waals surface area contributed by atoms with Crippen LogP contribution in [0.15, 0.2) is 4.99 Å². The zero-order valence-electron chi connectivity index (χ0n) is 14.1. The summed E-state index contributed by atoms with van der Waals surface area (Å²) < 4.78 is 0.